The number of aromatic nitrogens is 1. The van der Waals surface area contributed by atoms with E-state index in [1.165, 1.54) is 16.0 Å². The Morgan fingerprint density at radius 3 is 2.81 bits per heavy atom. The topological polar surface area (TPSA) is 24.9 Å². The van der Waals surface area contributed by atoms with Crippen molar-refractivity contribution in [1.82, 2.24) is 10.3 Å². The van der Waals surface area contributed by atoms with Crippen LogP contribution in [-0.2, 0) is 6.42 Å². The van der Waals surface area contributed by atoms with Gasteiger partial charge in [-0.2, -0.15) is 0 Å². The van der Waals surface area contributed by atoms with Gasteiger partial charge >= 0.3 is 0 Å². The zero-order valence-corrected chi connectivity index (χ0v) is 10.4. The molecule has 0 aliphatic heterocycles. The van der Waals surface area contributed by atoms with Crippen LogP contribution in [0.15, 0.2) is 36.0 Å². The second kappa shape index (κ2) is 5.23. The number of likely N-dealkylation sites (N-methyl/N-ethyl adjacent to an activating group) is 1. The molecule has 2 aromatic rings. The molecule has 0 spiro atoms. The molecule has 0 saturated heterocycles. The van der Waals surface area contributed by atoms with Gasteiger partial charge in [-0.25, -0.2) is 0 Å². The Labute approximate surface area is 100 Å². The van der Waals surface area contributed by atoms with Gasteiger partial charge in [-0.15, -0.1) is 11.3 Å². The highest BCUT2D eigenvalue weighted by Crippen LogP contribution is 2.22. The molecule has 84 valence electrons. The molecule has 16 heavy (non-hydrogen) atoms. The van der Waals surface area contributed by atoms with Gasteiger partial charge in [0.05, 0.1) is 5.51 Å². The van der Waals surface area contributed by atoms with Gasteiger partial charge in [0.25, 0.3) is 0 Å². The van der Waals surface area contributed by atoms with E-state index in [-0.39, 0.29) is 0 Å². The predicted octanol–water partition coefficient (Wildman–Crippen LogP) is 2.95. The summed E-state index contributed by atoms with van der Waals surface area (Å²) in [5, 5.41) is 3.35. The summed E-state index contributed by atoms with van der Waals surface area (Å²) in [5.74, 6) is 0. The highest BCUT2D eigenvalue weighted by atomic mass is 32.1. The number of benzene rings is 1. The van der Waals surface area contributed by atoms with E-state index in [1.54, 1.807) is 11.3 Å². The molecule has 0 fully saturated rings. The summed E-state index contributed by atoms with van der Waals surface area (Å²) in [6.07, 6.45) is 2.97. The Bertz CT molecular complexity index is 437. The van der Waals surface area contributed by atoms with E-state index in [1.807, 2.05) is 18.8 Å². The summed E-state index contributed by atoms with van der Waals surface area (Å²) in [7, 11) is 2.00. The van der Waals surface area contributed by atoms with Gasteiger partial charge in [-0.05, 0) is 31.5 Å². The van der Waals surface area contributed by atoms with Crippen LogP contribution in [0, 0.1) is 6.92 Å². The summed E-state index contributed by atoms with van der Waals surface area (Å²) in [6.45, 7) is 2.16. The van der Waals surface area contributed by atoms with E-state index >= 15 is 0 Å². The molecule has 1 aromatic carbocycles. The van der Waals surface area contributed by atoms with E-state index in [2.05, 4.69) is 41.5 Å². The second-order valence-electron chi connectivity index (χ2n) is 3.88. The van der Waals surface area contributed by atoms with Gasteiger partial charge < -0.3 is 5.32 Å². The number of nitrogens with one attached hydrogen (secondary N) is 1. The van der Waals surface area contributed by atoms with Crippen molar-refractivity contribution in [3.8, 4) is 0 Å². The fourth-order valence-corrected chi connectivity index (χ4v) is 2.53. The quantitative estimate of drug-likeness (QED) is 0.876. The van der Waals surface area contributed by atoms with E-state index in [9.17, 15) is 0 Å². The van der Waals surface area contributed by atoms with Gasteiger partial charge in [-0.3, -0.25) is 4.98 Å². The standard InChI is InChI=1S/C13H16N2S/c1-10-5-3-4-6-11(10)7-12(14-2)13-8-15-9-16-13/h3-6,8-9,12,14H,7H2,1-2H3. The van der Waals surface area contributed by atoms with Crippen molar-refractivity contribution in [3.63, 3.8) is 0 Å². The first-order chi connectivity index (χ1) is 7.81. The second-order valence-corrected chi connectivity index (χ2v) is 4.79. The van der Waals surface area contributed by atoms with Crippen LogP contribution >= 0.6 is 11.3 Å². The molecule has 0 amide bonds. The van der Waals surface area contributed by atoms with Crippen LogP contribution in [0.3, 0.4) is 0 Å². The average Bonchev–Trinajstić information content (AvgIpc) is 2.81. The minimum atomic E-state index is 0.369. The monoisotopic (exact) mass is 232 g/mol. The van der Waals surface area contributed by atoms with Gasteiger partial charge in [0.1, 0.15) is 0 Å². The molecule has 1 heterocycles. The number of hydrogen-bond donors (Lipinski definition) is 1. The molecule has 1 N–H and O–H groups in total. The van der Waals surface area contributed by atoms with Crippen molar-refractivity contribution in [3.05, 3.63) is 52.0 Å². The first kappa shape index (κ1) is 11.3. The van der Waals surface area contributed by atoms with E-state index < -0.39 is 0 Å². The number of rotatable bonds is 4. The molecule has 1 aromatic heterocycles. The number of aryl methyl sites for hydroxylation is 1. The zero-order valence-electron chi connectivity index (χ0n) is 9.60. The van der Waals surface area contributed by atoms with Crippen LogP contribution in [0.4, 0.5) is 0 Å². The van der Waals surface area contributed by atoms with Crippen molar-refractivity contribution in [2.75, 3.05) is 7.05 Å². The SMILES string of the molecule is CNC(Cc1ccccc1C)c1cncs1. The van der Waals surface area contributed by atoms with E-state index in [4.69, 9.17) is 0 Å². The van der Waals surface area contributed by atoms with Crippen LogP contribution in [-0.4, -0.2) is 12.0 Å². The summed E-state index contributed by atoms with van der Waals surface area (Å²) in [5.41, 5.74) is 4.64. The molecular weight excluding hydrogens is 216 g/mol. The minimum absolute atomic E-state index is 0.369. The largest absolute Gasteiger partial charge is 0.312 e. The van der Waals surface area contributed by atoms with Crippen molar-refractivity contribution >= 4 is 11.3 Å². The summed E-state index contributed by atoms with van der Waals surface area (Å²) < 4.78 is 0. The number of nitrogens with zero attached hydrogens (tertiary/aromatic N) is 1. The molecule has 0 saturated carbocycles. The Morgan fingerprint density at radius 1 is 1.38 bits per heavy atom. The Hall–Kier alpha value is -1.19. The van der Waals surface area contributed by atoms with Gasteiger partial charge in [0.15, 0.2) is 0 Å². The molecule has 0 aliphatic rings. The van der Waals surface area contributed by atoms with E-state index in [0.717, 1.165) is 6.42 Å². The Balaban J connectivity index is 2.17. The van der Waals surface area contributed by atoms with Gasteiger partial charge in [0, 0.05) is 17.1 Å². The lowest BCUT2D eigenvalue weighted by molar-refractivity contribution is 0.599. The smallest absolute Gasteiger partial charge is 0.0794 e. The maximum Gasteiger partial charge on any atom is 0.0794 e. The molecule has 1 unspecified atom stereocenters. The van der Waals surface area contributed by atoms with Crippen molar-refractivity contribution < 1.29 is 0 Å². The third-order valence-corrected chi connectivity index (χ3v) is 3.72. The lowest BCUT2D eigenvalue weighted by Crippen LogP contribution is -2.18. The van der Waals surface area contributed by atoms with Crippen LogP contribution in [0.5, 0.6) is 0 Å². The molecular formula is C13H16N2S. The summed E-state index contributed by atoms with van der Waals surface area (Å²) >= 11 is 1.71. The molecule has 0 bridgehead atoms. The third kappa shape index (κ3) is 2.49. The van der Waals surface area contributed by atoms with Crippen LogP contribution in [0.1, 0.15) is 22.0 Å². The normalized spacial score (nSPS) is 12.6. The number of thiazole rings is 1. The third-order valence-electron chi connectivity index (χ3n) is 2.83. The lowest BCUT2D eigenvalue weighted by atomic mass is 10.0. The highest BCUT2D eigenvalue weighted by molar-refractivity contribution is 7.09. The molecule has 0 aliphatic carbocycles. The predicted molar refractivity (Wildman–Crippen MR) is 68.8 cm³/mol. The van der Waals surface area contributed by atoms with Crippen LogP contribution < -0.4 is 5.32 Å². The first-order valence-electron chi connectivity index (χ1n) is 5.41. The lowest BCUT2D eigenvalue weighted by Gasteiger charge is -2.15. The minimum Gasteiger partial charge on any atom is -0.312 e. The number of hydrogen-bond acceptors (Lipinski definition) is 3. The zero-order chi connectivity index (χ0) is 11.4. The molecule has 0 radical (unpaired) electrons. The fourth-order valence-electron chi connectivity index (χ4n) is 1.80. The summed E-state index contributed by atoms with van der Waals surface area (Å²) in [6, 6.07) is 8.91. The van der Waals surface area contributed by atoms with Crippen molar-refractivity contribution in [2.45, 2.75) is 19.4 Å². The van der Waals surface area contributed by atoms with Gasteiger partial charge in [-0.1, -0.05) is 24.3 Å². The average molecular weight is 232 g/mol. The fraction of sp³-hybridized carbons (Fsp3) is 0.308. The molecule has 2 nitrogen and oxygen atoms in total. The first-order valence-corrected chi connectivity index (χ1v) is 6.29. The Morgan fingerprint density at radius 2 is 2.19 bits per heavy atom. The maximum atomic E-state index is 4.13. The molecule has 1 atom stereocenters. The van der Waals surface area contributed by atoms with Crippen LogP contribution in [0.25, 0.3) is 0 Å². The summed E-state index contributed by atoms with van der Waals surface area (Å²) in [4.78, 5) is 5.43. The van der Waals surface area contributed by atoms with Crippen molar-refractivity contribution in [2.24, 2.45) is 0 Å². The van der Waals surface area contributed by atoms with E-state index in [0.29, 0.717) is 6.04 Å². The molecule has 3 heteroatoms. The molecule has 2 rings (SSSR count). The van der Waals surface area contributed by atoms with Crippen LogP contribution in [0.2, 0.25) is 0 Å². The highest BCUT2D eigenvalue weighted by Gasteiger charge is 2.12. The van der Waals surface area contributed by atoms with Gasteiger partial charge in [0.2, 0.25) is 0 Å². The Kier molecular flexibility index (Phi) is 3.70. The van der Waals surface area contributed by atoms with Crippen molar-refractivity contribution in [1.29, 1.82) is 0 Å². The maximum absolute atomic E-state index is 4.13.